The van der Waals surface area contributed by atoms with Crippen molar-refractivity contribution in [3.8, 4) is 17.2 Å². The molecule has 3 amide bonds. The molecule has 4 rings (SSSR count). The Labute approximate surface area is 168 Å². The predicted molar refractivity (Wildman–Crippen MR) is 108 cm³/mol. The van der Waals surface area contributed by atoms with Crippen molar-refractivity contribution in [2.45, 2.75) is 26.4 Å². The summed E-state index contributed by atoms with van der Waals surface area (Å²) in [5, 5.41) is 0. The van der Waals surface area contributed by atoms with Crippen molar-refractivity contribution in [2.24, 2.45) is 0 Å². The number of rotatable bonds is 5. The van der Waals surface area contributed by atoms with Gasteiger partial charge in [-0.25, -0.2) is 9.78 Å². The summed E-state index contributed by atoms with van der Waals surface area (Å²) in [6.07, 6.45) is 1.47. The molecule has 1 saturated heterocycles. The molecule has 1 unspecified atom stereocenters. The number of amides is 3. The maximum absolute atomic E-state index is 12.9. The van der Waals surface area contributed by atoms with E-state index in [1.54, 1.807) is 14.0 Å². The number of nitrogens with zero attached hydrogens (tertiary/aromatic N) is 3. The lowest BCUT2D eigenvalue weighted by Crippen LogP contribution is -2.33. The van der Waals surface area contributed by atoms with E-state index in [4.69, 9.17) is 9.15 Å². The van der Waals surface area contributed by atoms with Crippen LogP contribution in [0.1, 0.15) is 18.2 Å². The van der Waals surface area contributed by atoms with Gasteiger partial charge in [0.15, 0.2) is 0 Å². The van der Waals surface area contributed by atoms with Crippen LogP contribution in [-0.4, -0.2) is 35.0 Å². The molecule has 0 saturated carbocycles. The third kappa shape index (κ3) is 3.47. The Morgan fingerprint density at radius 2 is 1.76 bits per heavy atom. The molecule has 1 aliphatic rings. The molecule has 7 heteroatoms. The maximum Gasteiger partial charge on any atom is 0.332 e. The molecule has 0 bridgehead atoms. The van der Waals surface area contributed by atoms with Crippen LogP contribution in [0.4, 0.5) is 10.5 Å². The number of methoxy groups -OCH3 is 1. The fourth-order valence-electron chi connectivity index (χ4n) is 3.32. The number of hydrogen-bond acceptors (Lipinski definition) is 5. The second-order valence-electron chi connectivity index (χ2n) is 6.96. The summed E-state index contributed by atoms with van der Waals surface area (Å²) in [6.45, 7) is 3.76. The number of aryl methyl sites for hydroxylation is 1. The average Bonchev–Trinajstić information content (AvgIpc) is 3.28. The topological polar surface area (TPSA) is 75.9 Å². The number of hydrogen-bond donors (Lipinski definition) is 0. The van der Waals surface area contributed by atoms with Crippen LogP contribution in [0.25, 0.3) is 11.5 Å². The Kier molecular flexibility index (Phi) is 4.80. The van der Waals surface area contributed by atoms with Crippen molar-refractivity contribution < 1.29 is 18.7 Å². The second kappa shape index (κ2) is 7.43. The van der Waals surface area contributed by atoms with Crippen molar-refractivity contribution in [3.63, 3.8) is 0 Å². The van der Waals surface area contributed by atoms with Crippen LogP contribution in [0.15, 0.2) is 59.2 Å². The highest BCUT2D eigenvalue weighted by Gasteiger charge is 2.43. The second-order valence-corrected chi connectivity index (χ2v) is 6.96. The number of imide groups is 1. The van der Waals surface area contributed by atoms with Crippen LogP contribution < -0.4 is 9.64 Å². The number of carbonyl (C=O) groups excluding carboxylic acids is 2. The van der Waals surface area contributed by atoms with Crippen LogP contribution in [-0.2, 0) is 11.3 Å². The van der Waals surface area contributed by atoms with Gasteiger partial charge in [0, 0.05) is 11.3 Å². The number of urea groups is 1. The highest BCUT2D eigenvalue weighted by atomic mass is 16.5. The summed E-state index contributed by atoms with van der Waals surface area (Å²) in [4.78, 5) is 32.8. The number of anilines is 1. The van der Waals surface area contributed by atoms with Crippen molar-refractivity contribution in [2.75, 3.05) is 12.0 Å². The number of benzene rings is 2. The van der Waals surface area contributed by atoms with Crippen LogP contribution in [0.5, 0.6) is 5.75 Å². The monoisotopic (exact) mass is 391 g/mol. The Balaban J connectivity index is 1.53. The first kappa shape index (κ1) is 18.7. The van der Waals surface area contributed by atoms with Gasteiger partial charge < -0.3 is 9.15 Å². The summed E-state index contributed by atoms with van der Waals surface area (Å²) in [5.41, 5.74) is 3.08. The molecule has 2 heterocycles. The molecule has 0 aliphatic carbocycles. The molecule has 1 aromatic heterocycles. The molecular weight excluding hydrogens is 370 g/mol. The molecule has 1 fully saturated rings. The van der Waals surface area contributed by atoms with E-state index in [-0.39, 0.29) is 18.5 Å². The zero-order valence-electron chi connectivity index (χ0n) is 16.5. The molecule has 7 nitrogen and oxygen atoms in total. The number of ether oxygens (including phenoxy) is 1. The molecule has 0 N–H and O–H groups in total. The van der Waals surface area contributed by atoms with Gasteiger partial charge in [-0.15, -0.1) is 0 Å². The lowest BCUT2D eigenvalue weighted by molar-refractivity contribution is -0.127. The molecule has 2 aromatic carbocycles. The summed E-state index contributed by atoms with van der Waals surface area (Å²) in [7, 11) is 1.60. The van der Waals surface area contributed by atoms with Gasteiger partial charge in [0.05, 0.1) is 19.3 Å². The first-order valence-electron chi connectivity index (χ1n) is 9.28. The van der Waals surface area contributed by atoms with Crippen LogP contribution in [0, 0.1) is 6.92 Å². The van der Waals surface area contributed by atoms with E-state index in [1.807, 2.05) is 55.5 Å². The average molecular weight is 391 g/mol. The third-order valence-corrected chi connectivity index (χ3v) is 4.97. The highest BCUT2D eigenvalue weighted by molar-refractivity contribution is 6.13. The normalized spacial score (nSPS) is 16.6. The predicted octanol–water partition coefficient (Wildman–Crippen LogP) is 4.02. The fraction of sp³-hybridized carbons (Fsp3) is 0.227. The summed E-state index contributed by atoms with van der Waals surface area (Å²) in [6, 6.07) is 13.9. The summed E-state index contributed by atoms with van der Waals surface area (Å²) < 4.78 is 10.7. The van der Waals surface area contributed by atoms with E-state index in [0.29, 0.717) is 17.3 Å². The number of aromatic nitrogens is 1. The first-order valence-corrected chi connectivity index (χ1v) is 9.28. The van der Waals surface area contributed by atoms with Gasteiger partial charge in [-0.2, -0.15) is 0 Å². The minimum Gasteiger partial charge on any atom is -0.497 e. The third-order valence-electron chi connectivity index (χ3n) is 4.97. The molecule has 0 radical (unpaired) electrons. The van der Waals surface area contributed by atoms with Crippen LogP contribution in [0.2, 0.25) is 0 Å². The Hall–Kier alpha value is -3.61. The van der Waals surface area contributed by atoms with Crippen molar-refractivity contribution in [1.82, 2.24) is 9.88 Å². The molecule has 0 spiro atoms. The quantitative estimate of drug-likeness (QED) is 0.614. The zero-order chi connectivity index (χ0) is 20.5. The van der Waals surface area contributed by atoms with Crippen LogP contribution >= 0.6 is 0 Å². The van der Waals surface area contributed by atoms with Gasteiger partial charge in [-0.3, -0.25) is 14.6 Å². The number of carbonyl (C=O) groups is 2. The molecule has 29 heavy (non-hydrogen) atoms. The molecule has 1 aliphatic heterocycles. The minimum absolute atomic E-state index is 0.0595. The van der Waals surface area contributed by atoms with E-state index in [0.717, 1.165) is 16.9 Å². The highest BCUT2D eigenvalue weighted by Crippen LogP contribution is 2.28. The zero-order valence-corrected chi connectivity index (χ0v) is 16.5. The van der Waals surface area contributed by atoms with E-state index in [1.165, 1.54) is 16.1 Å². The van der Waals surface area contributed by atoms with Crippen LogP contribution in [0.3, 0.4) is 0 Å². The molecule has 3 aromatic rings. The molecule has 1 atom stereocenters. The van der Waals surface area contributed by atoms with Gasteiger partial charge in [0.2, 0.25) is 5.89 Å². The van der Waals surface area contributed by atoms with E-state index >= 15 is 0 Å². The minimum atomic E-state index is -0.571. The largest absolute Gasteiger partial charge is 0.497 e. The molecular formula is C22H21N3O4. The standard InChI is InChI=1S/C22H21N3O4/c1-14-4-8-18(9-5-14)25-15(2)21(26)24(22(25)27)12-17-13-29-20(23-17)16-6-10-19(28-3)11-7-16/h4-11,13,15H,12H2,1-3H3. The van der Waals surface area contributed by atoms with Gasteiger partial charge in [-0.05, 0) is 50.2 Å². The first-order chi connectivity index (χ1) is 14.0. The number of oxazole rings is 1. The lowest BCUT2D eigenvalue weighted by Gasteiger charge is -2.19. The van der Waals surface area contributed by atoms with Crippen molar-refractivity contribution in [3.05, 3.63) is 66.1 Å². The lowest BCUT2D eigenvalue weighted by atomic mass is 10.2. The fourth-order valence-corrected chi connectivity index (χ4v) is 3.32. The molecule has 148 valence electrons. The van der Waals surface area contributed by atoms with Crippen molar-refractivity contribution >= 4 is 17.6 Å². The summed E-state index contributed by atoms with van der Waals surface area (Å²) >= 11 is 0. The Bertz CT molecular complexity index is 1040. The van der Waals surface area contributed by atoms with E-state index in [2.05, 4.69) is 4.98 Å². The smallest absolute Gasteiger partial charge is 0.332 e. The van der Waals surface area contributed by atoms with Gasteiger partial charge in [0.25, 0.3) is 5.91 Å². The van der Waals surface area contributed by atoms with Gasteiger partial charge in [-0.1, -0.05) is 17.7 Å². The van der Waals surface area contributed by atoms with Gasteiger partial charge >= 0.3 is 6.03 Å². The van der Waals surface area contributed by atoms with E-state index < -0.39 is 6.04 Å². The summed E-state index contributed by atoms with van der Waals surface area (Å²) in [5.74, 6) is 0.897. The maximum atomic E-state index is 12.9. The SMILES string of the molecule is COc1ccc(-c2nc(CN3C(=O)C(C)N(c4ccc(C)cc4)C3=O)co2)cc1. The van der Waals surface area contributed by atoms with Gasteiger partial charge in [0.1, 0.15) is 18.1 Å². The van der Waals surface area contributed by atoms with Crippen molar-refractivity contribution in [1.29, 1.82) is 0 Å². The Morgan fingerprint density at radius 3 is 2.41 bits per heavy atom. The Morgan fingerprint density at radius 1 is 1.07 bits per heavy atom. The van der Waals surface area contributed by atoms with E-state index in [9.17, 15) is 9.59 Å².